The van der Waals surface area contributed by atoms with Crippen molar-refractivity contribution < 1.29 is 49.3 Å². The van der Waals surface area contributed by atoms with Gasteiger partial charge in [0.15, 0.2) is 12.4 Å². The number of carboxylic acids is 1. The average Bonchev–Trinajstić information content (AvgIpc) is 3.11. The highest BCUT2D eigenvalue weighted by Crippen LogP contribution is 2.22. The number of esters is 1. The Labute approximate surface area is 141 Å². The molecule has 25 heavy (non-hydrogen) atoms. The highest BCUT2D eigenvalue weighted by Gasteiger charge is 2.47. The molecule has 0 radical (unpaired) electrons. The van der Waals surface area contributed by atoms with Crippen molar-refractivity contribution in [2.75, 3.05) is 13.2 Å². The van der Waals surface area contributed by atoms with Gasteiger partial charge in [0.05, 0.1) is 6.61 Å². The molecule has 1 fully saturated rings. The number of aromatic amines is 1. The van der Waals surface area contributed by atoms with Gasteiger partial charge in [0.2, 0.25) is 0 Å². The topological polar surface area (TPSA) is 179 Å². The third kappa shape index (κ3) is 4.75. The molecule has 0 bridgehead atoms. The Hall–Kier alpha value is -2.02. The molecule has 6 atom stereocenters. The molecule has 1 aromatic heterocycles. The van der Waals surface area contributed by atoms with Crippen LogP contribution in [0.5, 0.6) is 0 Å². The number of aliphatic carboxylic acids is 1. The molecular weight excluding hydrogens is 342 g/mol. The van der Waals surface area contributed by atoms with Crippen molar-refractivity contribution in [3.63, 3.8) is 0 Å². The summed E-state index contributed by atoms with van der Waals surface area (Å²) in [7, 11) is 0. The summed E-state index contributed by atoms with van der Waals surface area (Å²) in [5.41, 5.74) is 0.195. The maximum absolute atomic E-state index is 11.6. The molecule has 0 spiro atoms. The molecule has 1 aliphatic heterocycles. The van der Waals surface area contributed by atoms with E-state index in [4.69, 9.17) is 19.3 Å². The summed E-state index contributed by atoms with van der Waals surface area (Å²) in [6.45, 7) is -0.900. The molecular formula is C14H19NO10. The standard InChI is InChI=1S/C14H19NO10/c16-6(4-23-13(22)7-2-1-3-15-7)5-24-14-10(19)8(17)9(18)11(25-14)12(20)21/h1-3,6,8-11,14-19H,4-5H2,(H,20,21)/t6?,8-,9-,10+,11-,14+/m1/s1. The summed E-state index contributed by atoms with van der Waals surface area (Å²) < 4.78 is 14.7. The number of aliphatic hydroxyl groups excluding tert-OH is 4. The molecule has 11 nitrogen and oxygen atoms in total. The number of aromatic nitrogens is 1. The normalized spacial score (nSPS) is 30.6. The number of carbonyl (C=O) groups excluding carboxylic acids is 1. The van der Waals surface area contributed by atoms with E-state index in [1.807, 2.05) is 0 Å². The van der Waals surface area contributed by atoms with Gasteiger partial charge in [-0.1, -0.05) is 0 Å². The predicted molar refractivity (Wildman–Crippen MR) is 77.4 cm³/mol. The molecule has 0 saturated carbocycles. The zero-order chi connectivity index (χ0) is 18.6. The molecule has 1 aromatic rings. The fourth-order valence-corrected chi connectivity index (χ4v) is 2.15. The minimum Gasteiger partial charge on any atom is -0.479 e. The van der Waals surface area contributed by atoms with E-state index in [2.05, 4.69) is 4.98 Å². The number of rotatable bonds is 7. The molecule has 0 amide bonds. The maximum atomic E-state index is 11.6. The lowest BCUT2D eigenvalue weighted by atomic mass is 9.99. The summed E-state index contributed by atoms with van der Waals surface area (Å²) in [5.74, 6) is -2.24. The van der Waals surface area contributed by atoms with Crippen LogP contribution in [-0.2, 0) is 19.0 Å². The largest absolute Gasteiger partial charge is 0.479 e. The summed E-state index contributed by atoms with van der Waals surface area (Å²) in [5, 5.41) is 47.5. The number of ether oxygens (including phenoxy) is 3. The van der Waals surface area contributed by atoms with Gasteiger partial charge in [-0.15, -0.1) is 0 Å². The van der Waals surface area contributed by atoms with Crippen molar-refractivity contribution in [1.82, 2.24) is 4.98 Å². The van der Waals surface area contributed by atoms with E-state index in [1.165, 1.54) is 12.3 Å². The van der Waals surface area contributed by atoms with Crippen LogP contribution < -0.4 is 0 Å². The van der Waals surface area contributed by atoms with Crippen LogP contribution in [0, 0.1) is 0 Å². The molecule has 2 rings (SSSR count). The van der Waals surface area contributed by atoms with Crippen LogP contribution >= 0.6 is 0 Å². The van der Waals surface area contributed by atoms with Crippen LogP contribution in [0.4, 0.5) is 0 Å². The summed E-state index contributed by atoms with van der Waals surface area (Å²) in [4.78, 5) is 25.1. The third-order valence-corrected chi connectivity index (χ3v) is 3.49. The Kier molecular flexibility index (Phi) is 6.47. The van der Waals surface area contributed by atoms with Crippen molar-refractivity contribution >= 4 is 11.9 Å². The first-order chi connectivity index (χ1) is 11.8. The number of aliphatic hydroxyl groups is 4. The van der Waals surface area contributed by atoms with E-state index >= 15 is 0 Å². The fourth-order valence-electron chi connectivity index (χ4n) is 2.15. The molecule has 0 aromatic carbocycles. The van der Waals surface area contributed by atoms with E-state index in [0.717, 1.165) is 0 Å². The third-order valence-electron chi connectivity index (χ3n) is 3.49. The highest BCUT2D eigenvalue weighted by molar-refractivity contribution is 5.87. The van der Waals surface area contributed by atoms with Crippen molar-refractivity contribution in [3.8, 4) is 0 Å². The minimum atomic E-state index is -1.83. The summed E-state index contributed by atoms with van der Waals surface area (Å²) in [6, 6.07) is 3.08. The Morgan fingerprint density at radius 1 is 1.20 bits per heavy atom. The fraction of sp³-hybridized carbons (Fsp3) is 0.571. The zero-order valence-corrected chi connectivity index (χ0v) is 12.9. The number of carbonyl (C=O) groups is 2. The lowest BCUT2D eigenvalue weighted by Crippen LogP contribution is -2.60. The van der Waals surface area contributed by atoms with E-state index in [-0.39, 0.29) is 5.69 Å². The summed E-state index contributed by atoms with van der Waals surface area (Å²) in [6.07, 6.45) is -8.52. The van der Waals surface area contributed by atoms with E-state index in [9.17, 15) is 30.0 Å². The van der Waals surface area contributed by atoms with Gasteiger partial charge in [-0.2, -0.15) is 0 Å². The Balaban J connectivity index is 1.80. The number of carboxylic acid groups (broad SMARTS) is 1. The van der Waals surface area contributed by atoms with Gasteiger partial charge in [-0.3, -0.25) is 0 Å². The maximum Gasteiger partial charge on any atom is 0.354 e. The first-order valence-corrected chi connectivity index (χ1v) is 7.34. The molecule has 6 N–H and O–H groups in total. The van der Waals surface area contributed by atoms with Gasteiger partial charge in [0, 0.05) is 6.20 Å². The van der Waals surface area contributed by atoms with Crippen LogP contribution in [0.2, 0.25) is 0 Å². The second kappa shape index (κ2) is 8.38. The van der Waals surface area contributed by atoms with Gasteiger partial charge < -0.3 is 44.7 Å². The monoisotopic (exact) mass is 361 g/mol. The van der Waals surface area contributed by atoms with Gasteiger partial charge >= 0.3 is 11.9 Å². The van der Waals surface area contributed by atoms with Gasteiger partial charge in [0.1, 0.15) is 36.7 Å². The second-order valence-electron chi connectivity index (χ2n) is 5.40. The Morgan fingerprint density at radius 3 is 2.52 bits per heavy atom. The van der Waals surface area contributed by atoms with Crippen LogP contribution in [0.15, 0.2) is 18.3 Å². The second-order valence-corrected chi connectivity index (χ2v) is 5.40. The number of H-pyrrole nitrogens is 1. The molecule has 1 saturated heterocycles. The average molecular weight is 361 g/mol. The number of hydrogen-bond acceptors (Lipinski definition) is 9. The highest BCUT2D eigenvalue weighted by atomic mass is 16.7. The van der Waals surface area contributed by atoms with Gasteiger partial charge in [-0.25, -0.2) is 9.59 Å². The molecule has 11 heteroatoms. The van der Waals surface area contributed by atoms with Crippen LogP contribution in [-0.4, -0.2) is 92.5 Å². The van der Waals surface area contributed by atoms with E-state index in [1.54, 1.807) is 6.07 Å². The van der Waals surface area contributed by atoms with E-state index in [0.29, 0.717) is 0 Å². The van der Waals surface area contributed by atoms with Crippen LogP contribution in [0.1, 0.15) is 10.5 Å². The molecule has 1 unspecified atom stereocenters. The van der Waals surface area contributed by atoms with Gasteiger partial charge in [-0.05, 0) is 12.1 Å². The Bertz CT molecular complexity index is 576. The van der Waals surface area contributed by atoms with Crippen molar-refractivity contribution in [3.05, 3.63) is 24.0 Å². The molecule has 140 valence electrons. The first kappa shape index (κ1) is 19.3. The molecule has 0 aliphatic carbocycles. The summed E-state index contributed by atoms with van der Waals surface area (Å²) >= 11 is 0. The lowest BCUT2D eigenvalue weighted by Gasteiger charge is -2.38. The number of nitrogens with one attached hydrogen (secondary N) is 1. The molecule has 2 heterocycles. The quantitative estimate of drug-likeness (QED) is 0.283. The smallest absolute Gasteiger partial charge is 0.354 e. The predicted octanol–water partition coefficient (Wildman–Crippen LogP) is -2.56. The Morgan fingerprint density at radius 2 is 1.92 bits per heavy atom. The lowest BCUT2D eigenvalue weighted by molar-refractivity contribution is -0.297. The minimum absolute atomic E-state index is 0.195. The SMILES string of the molecule is O=C(OCC(O)CO[C@H]1O[C@@H](C(=O)O)[C@H](O)[C@@H](O)[C@@H]1O)c1ccc[nH]1. The van der Waals surface area contributed by atoms with E-state index < -0.39 is 62.0 Å². The van der Waals surface area contributed by atoms with Crippen molar-refractivity contribution in [2.24, 2.45) is 0 Å². The first-order valence-electron chi connectivity index (χ1n) is 7.34. The van der Waals surface area contributed by atoms with Gasteiger partial charge in [0.25, 0.3) is 0 Å². The van der Waals surface area contributed by atoms with Crippen LogP contribution in [0.3, 0.4) is 0 Å². The zero-order valence-electron chi connectivity index (χ0n) is 12.9. The molecule has 1 aliphatic rings. The van der Waals surface area contributed by atoms with Crippen molar-refractivity contribution in [2.45, 2.75) is 36.8 Å². The van der Waals surface area contributed by atoms with Crippen molar-refractivity contribution in [1.29, 1.82) is 0 Å². The number of hydrogen-bond donors (Lipinski definition) is 6. The van der Waals surface area contributed by atoms with Crippen LogP contribution in [0.25, 0.3) is 0 Å².